The molecule has 0 aliphatic heterocycles. The summed E-state index contributed by atoms with van der Waals surface area (Å²) in [5.41, 5.74) is -0.448. The number of alkyl halides is 2. The van der Waals surface area contributed by atoms with Gasteiger partial charge >= 0.3 is 0 Å². The summed E-state index contributed by atoms with van der Waals surface area (Å²) in [4.78, 5) is 21.2. The molecule has 0 aliphatic rings. The van der Waals surface area contributed by atoms with Gasteiger partial charge in [0, 0.05) is 5.56 Å². The number of hydrogen-bond donors (Lipinski definition) is 0. The molecule has 0 saturated heterocycles. The number of ether oxygens (including phenoxy) is 1. The van der Waals surface area contributed by atoms with Gasteiger partial charge in [0.15, 0.2) is 6.29 Å². The monoisotopic (exact) mass is 228 g/mol. The first-order chi connectivity index (χ1) is 7.63. The van der Waals surface area contributed by atoms with Crippen LogP contribution in [0.25, 0.3) is 0 Å². The van der Waals surface area contributed by atoms with Crippen LogP contribution < -0.4 is 4.74 Å². The number of rotatable bonds is 5. The van der Waals surface area contributed by atoms with Gasteiger partial charge < -0.3 is 4.74 Å². The summed E-state index contributed by atoms with van der Waals surface area (Å²) < 4.78 is 30.3. The first-order valence-electron chi connectivity index (χ1n) is 4.63. The summed E-state index contributed by atoms with van der Waals surface area (Å²) in [6.45, 7) is 1.79. The van der Waals surface area contributed by atoms with Crippen LogP contribution in [0.1, 0.15) is 39.6 Å². The lowest BCUT2D eigenvalue weighted by molar-refractivity contribution is 0.111. The normalized spacial score (nSPS) is 10.2. The minimum atomic E-state index is -2.79. The smallest absolute Gasteiger partial charge is 0.267 e. The summed E-state index contributed by atoms with van der Waals surface area (Å²) in [5, 5.41) is 0. The van der Waals surface area contributed by atoms with Crippen LogP contribution in [0.3, 0.4) is 0 Å². The predicted octanol–water partition coefficient (Wildman–Crippen LogP) is 2.65. The van der Waals surface area contributed by atoms with E-state index in [1.807, 2.05) is 0 Å². The van der Waals surface area contributed by atoms with E-state index >= 15 is 0 Å². The maximum atomic E-state index is 12.7. The number of hydrogen-bond acceptors (Lipinski definition) is 3. The lowest BCUT2D eigenvalue weighted by Gasteiger charge is -2.12. The second-order valence-electron chi connectivity index (χ2n) is 3.00. The molecule has 1 aromatic carbocycles. The van der Waals surface area contributed by atoms with Crippen LogP contribution in [-0.2, 0) is 0 Å². The predicted molar refractivity (Wildman–Crippen MR) is 53.3 cm³/mol. The van der Waals surface area contributed by atoms with Crippen LogP contribution in [0, 0.1) is 0 Å². The number of benzene rings is 1. The molecule has 3 nitrogen and oxygen atoms in total. The van der Waals surface area contributed by atoms with E-state index in [0.717, 1.165) is 6.07 Å². The summed E-state index contributed by atoms with van der Waals surface area (Å²) in [6.07, 6.45) is -1.99. The molecular formula is C11H10F2O3. The highest BCUT2D eigenvalue weighted by molar-refractivity contribution is 5.86. The molecule has 0 amide bonds. The van der Waals surface area contributed by atoms with Gasteiger partial charge in [-0.15, -0.1) is 0 Å². The fourth-order valence-electron chi connectivity index (χ4n) is 1.33. The molecule has 0 fully saturated rings. The van der Waals surface area contributed by atoms with E-state index in [1.165, 1.54) is 6.07 Å². The van der Waals surface area contributed by atoms with Crippen molar-refractivity contribution in [2.24, 2.45) is 0 Å². The van der Waals surface area contributed by atoms with Crippen molar-refractivity contribution in [1.29, 1.82) is 0 Å². The fraction of sp³-hybridized carbons (Fsp3) is 0.273. The van der Waals surface area contributed by atoms with E-state index in [9.17, 15) is 18.4 Å². The lowest BCUT2D eigenvalue weighted by atomic mass is 10.1. The first-order valence-corrected chi connectivity index (χ1v) is 4.63. The number of carbonyl (C=O) groups excluding carboxylic acids is 2. The Balaban J connectivity index is 3.40. The van der Waals surface area contributed by atoms with E-state index in [1.54, 1.807) is 6.92 Å². The number of carbonyl (C=O) groups is 2. The molecule has 0 aliphatic carbocycles. The van der Waals surface area contributed by atoms with Gasteiger partial charge in [0.2, 0.25) is 0 Å². The van der Waals surface area contributed by atoms with Crippen molar-refractivity contribution in [1.82, 2.24) is 0 Å². The molecule has 16 heavy (non-hydrogen) atoms. The van der Waals surface area contributed by atoms with Gasteiger partial charge in [0.25, 0.3) is 6.43 Å². The summed E-state index contributed by atoms with van der Waals surface area (Å²) >= 11 is 0. The number of aldehydes is 2. The number of halogens is 2. The maximum absolute atomic E-state index is 12.7. The second-order valence-corrected chi connectivity index (χ2v) is 3.00. The average molecular weight is 228 g/mol. The Morgan fingerprint density at radius 2 is 2.00 bits per heavy atom. The summed E-state index contributed by atoms with van der Waals surface area (Å²) in [6, 6.07) is 2.24. The Kier molecular flexibility index (Phi) is 4.10. The second kappa shape index (κ2) is 5.34. The van der Waals surface area contributed by atoms with Crippen LogP contribution in [0.15, 0.2) is 12.1 Å². The van der Waals surface area contributed by atoms with Crippen LogP contribution in [0.4, 0.5) is 8.78 Å². The van der Waals surface area contributed by atoms with Crippen LogP contribution >= 0.6 is 0 Å². The molecule has 5 heteroatoms. The van der Waals surface area contributed by atoms with Crippen molar-refractivity contribution in [3.05, 3.63) is 28.8 Å². The molecule has 1 aromatic rings. The van der Waals surface area contributed by atoms with Gasteiger partial charge in [0.1, 0.15) is 12.0 Å². The van der Waals surface area contributed by atoms with Gasteiger partial charge in [-0.05, 0) is 19.1 Å². The van der Waals surface area contributed by atoms with Gasteiger partial charge in [0.05, 0.1) is 17.7 Å². The van der Waals surface area contributed by atoms with Gasteiger partial charge in [-0.3, -0.25) is 9.59 Å². The first kappa shape index (κ1) is 12.3. The van der Waals surface area contributed by atoms with E-state index in [0.29, 0.717) is 12.6 Å². The molecule has 0 aromatic heterocycles. The Bertz CT molecular complexity index is 402. The summed E-state index contributed by atoms with van der Waals surface area (Å²) in [5.74, 6) is -0.155. The quantitative estimate of drug-likeness (QED) is 0.727. The van der Waals surface area contributed by atoms with Crippen molar-refractivity contribution in [3.63, 3.8) is 0 Å². The van der Waals surface area contributed by atoms with Crippen molar-refractivity contribution in [3.8, 4) is 5.75 Å². The molecule has 0 heterocycles. The van der Waals surface area contributed by atoms with Gasteiger partial charge in [-0.1, -0.05) is 0 Å². The molecule has 86 valence electrons. The maximum Gasteiger partial charge on any atom is 0.267 e. The highest BCUT2D eigenvalue weighted by Gasteiger charge is 2.18. The van der Waals surface area contributed by atoms with Crippen LogP contribution in [-0.4, -0.2) is 19.2 Å². The SMILES string of the molecule is CCOc1c(C=O)cc(C=O)cc1C(F)F. The topological polar surface area (TPSA) is 43.4 Å². The third kappa shape index (κ3) is 2.42. The zero-order chi connectivity index (χ0) is 12.1. The minimum absolute atomic E-state index is 0.0286. The Morgan fingerprint density at radius 3 is 2.44 bits per heavy atom. The van der Waals surface area contributed by atoms with Crippen molar-refractivity contribution in [2.75, 3.05) is 6.61 Å². The molecular weight excluding hydrogens is 218 g/mol. The van der Waals surface area contributed by atoms with Crippen molar-refractivity contribution in [2.45, 2.75) is 13.3 Å². The average Bonchev–Trinajstić information content (AvgIpc) is 2.29. The van der Waals surface area contributed by atoms with Crippen molar-refractivity contribution < 1.29 is 23.1 Å². The van der Waals surface area contributed by atoms with Crippen molar-refractivity contribution >= 4 is 12.6 Å². The highest BCUT2D eigenvalue weighted by Crippen LogP contribution is 2.32. The van der Waals surface area contributed by atoms with Crippen LogP contribution in [0.2, 0.25) is 0 Å². The van der Waals surface area contributed by atoms with E-state index < -0.39 is 12.0 Å². The zero-order valence-electron chi connectivity index (χ0n) is 8.57. The van der Waals surface area contributed by atoms with E-state index in [4.69, 9.17) is 4.74 Å². The van der Waals surface area contributed by atoms with E-state index in [-0.39, 0.29) is 23.5 Å². The minimum Gasteiger partial charge on any atom is -0.493 e. The Labute approximate surface area is 91.0 Å². The molecule has 0 spiro atoms. The van der Waals surface area contributed by atoms with Crippen LogP contribution in [0.5, 0.6) is 5.75 Å². The molecule has 1 rings (SSSR count). The third-order valence-corrected chi connectivity index (χ3v) is 1.96. The molecule has 0 saturated carbocycles. The molecule has 0 radical (unpaired) electrons. The fourth-order valence-corrected chi connectivity index (χ4v) is 1.33. The third-order valence-electron chi connectivity index (χ3n) is 1.96. The molecule has 0 N–H and O–H groups in total. The largest absolute Gasteiger partial charge is 0.493 e. The standard InChI is InChI=1S/C11H10F2O3/c1-2-16-10-8(6-15)3-7(5-14)4-9(10)11(12)13/h3-6,11H,2H2,1H3. The zero-order valence-corrected chi connectivity index (χ0v) is 8.57. The summed E-state index contributed by atoms with van der Waals surface area (Å²) in [7, 11) is 0. The Morgan fingerprint density at radius 1 is 1.31 bits per heavy atom. The molecule has 0 bridgehead atoms. The highest BCUT2D eigenvalue weighted by atomic mass is 19.3. The van der Waals surface area contributed by atoms with Gasteiger partial charge in [-0.25, -0.2) is 8.78 Å². The lowest BCUT2D eigenvalue weighted by Crippen LogP contribution is -2.02. The molecule has 0 atom stereocenters. The van der Waals surface area contributed by atoms with E-state index in [2.05, 4.69) is 0 Å². The van der Waals surface area contributed by atoms with Gasteiger partial charge in [-0.2, -0.15) is 0 Å². The molecule has 0 unspecified atom stereocenters. The Hall–Kier alpha value is -1.78.